The smallest absolute Gasteiger partial charge is 0.241 e. The maximum atomic E-state index is 12.3. The molecule has 1 fully saturated rings. The van der Waals surface area contributed by atoms with Crippen LogP contribution in [0.5, 0.6) is 0 Å². The van der Waals surface area contributed by atoms with Crippen molar-refractivity contribution in [2.24, 2.45) is 0 Å². The number of hydrogen-bond acceptors (Lipinski definition) is 4. The Balaban J connectivity index is 2.02. The molecule has 1 N–H and O–H groups in total. The predicted molar refractivity (Wildman–Crippen MR) is 88.0 cm³/mol. The maximum Gasteiger partial charge on any atom is 0.241 e. The van der Waals surface area contributed by atoms with Crippen molar-refractivity contribution in [3.05, 3.63) is 28.7 Å². The zero-order valence-corrected chi connectivity index (χ0v) is 15.0. The van der Waals surface area contributed by atoms with Gasteiger partial charge in [0.15, 0.2) is 0 Å². The summed E-state index contributed by atoms with van der Waals surface area (Å²) >= 11 is 3.26. The Kier molecular flexibility index (Phi) is 5.60. The monoisotopic (exact) mass is 389 g/mol. The van der Waals surface area contributed by atoms with Gasteiger partial charge in [0.25, 0.3) is 0 Å². The van der Waals surface area contributed by atoms with E-state index in [1.165, 1.54) is 12.1 Å². The summed E-state index contributed by atoms with van der Waals surface area (Å²) in [6.45, 7) is 4.44. The first-order valence-electron chi connectivity index (χ1n) is 7.05. The Morgan fingerprint density at radius 2 is 1.73 bits per heavy atom. The van der Waals surface area contributed by atoms with Gasteiger partial charge in [-0.1, -0.05) is 15.9 Å². The molecule has 8 heteroatoms. The molecule has 1 amide bonds. The van der Waals surface area contributed by atoms with E-state index in [0.717, 1.165) is 17.6 Å². The quantitative estimate of drug-likeness (QED) is 0.829. The fraction of sp³-hybridized carbons (Fsp3) is 0.500. The van der Waals surface area contributed by atoms with Gasteiger partial charge in [-0.3, -0.25) is 4.79 Å². The summed E-state index contributed by atoms with van der Waals surface area (Å²) in [5.74, 6) is -0.186. The van der Waals surface area contributed by atoms with Crippen LogP contribution in [-0.4, -0.2) is 63.4 Å². The van der Waals surface area contributed by atoms with Crippen molar-refractivity contribution < 1.29 is 13.2 Å². The van der Waals surface area contributed by atoms with Gasteiger partial charge in [-0.15, -0.1) is 0 Å². The molecule has 0 aliphatic carbocycles. The largest absolute Gasteiger partial charge is 0.339 e. The molecule has 2 rings (SSSR count). The van der Waals surface area contributed by atoms with E-state index in [1.807, 2.05) is 7.05 Å². The highest BCUT2D eigenvalue weighted by atomic mass is 79.9. The topological polar surface area (TPSA) is 69.7 Å². The predicted octanol–water partition coefficient (Wildman–Crippen LogP) is 0.890. The van der Waals surface area contributed by atoms with Crippen molar-refractivity contribution >= 4 is 31.9 Å². The van der Waals surface area contributed by atoms with Crippen molar-refractivity contribution in [2.75, 3.05) is 33.2 Å². The normalized spacial score (nSPS) is 18.2. The first-order valence-corrected chi connectivity index (χ1v) is 9.32. The van der Waals surface area contributed by atoms with Crippen LogP contribution in [-0.2, 0) is 14.8 Å². The molecule has 0 radical (unpaired) electrons. The van der Waals surface area contributed by atoms with Gasteiger partial charge >= 0.3 is 0 Å². The van der Waals surface area contributed by atoms with Crippen molar-refractivity contribution in [3.63, 3.8) is 0 Å². The third-order valence-corrected chi connectivity index (χ3v) is 5.73. The number of hydrogen-bond donors (Lipinski definition) is 1. The van der Waals surface area contributed by atoms with Crippen LogP contribution in [0.15, 0.2) is 33.6 Å². The molecule has 0 spiro atoms. The van der Waals surface area contributed by atoms with Crippen molar-refractivity contribution in [3.8, 4) is 0 Å². The Hall–Kier alpha value is -0.960. The Morgan fingerprint density at radius 3 is 2.27 bits per heavy atom. The van der Waals surface area contributed by atoms with Gasteiger partial charge in [-0.2, -0.15) is 4.72 Å². The van der Waals surface area contributed by atoms with Crippen molar-refractivity contribution in [2.45, 2.75) is 17.9 Å². The molecule has 1 aliphatic rings. The van der Waals surface area contributed by atoms with Crippen LogP contribution < -0.4 is 4.72 Å². The molecule has 1 saturated heterocycles. The van der Waals surface area contributed by atoms with E-state index in [4.69, 9.17) is 0 Å². The van der Waals surface area contributed by atoms with E-state index >= 15 is 0 Å². The molecule has 1 aromatic carbocycles. The molecule has 6 nitrogen and oxygen atoms in total. The number of nitrogens with zero attached hydrogens (tertiary/aromatic N) is 2. The van der Waals surface area contributed by atoms with Gasteiger partial charge in [0.1, 0.15) is 0 Å². The minimum absolute atomic E-state index is 0.147. The Bertz CT molecular complexity index is 625. The first-order chi connectivity index (χ1) is 10.3. The van der Waals surface area contributed by atoms with E-state index < -0.39 is 16.1 Å². The van der Waals surface area contributed by atoms with E-state index in [1.54, 1.807) is 24.0 Å². The third kappa shape index (κ3) is 4.28. The average Bonchev–Trinajstić information content (AvgIpc) is 2.47. The zero-order valence-electron chi connectivity index (χ0n) is 12.6. The van der Waals surface area contributed by atoms with Gasteiger partial charge in [0, 0.05) is 30.7 Å². The number of benzene rings is 1. The number of sulfonamides is 1. The standard InChI is InChI=1S/C14H20BrN3O3S/c1-11(14(19)18-9-7-17(2)8-10-18)16-22(20,21)13-5-3-12(15)4-6-13/h3-6,11,16H,7-10H2,1-2H3. The number of rotatable bonds is 4. The van der Waals surface area contributed by atoms with Gasteiger partial charge < -0.3 is 9.80 Å². The number of piperazine rings is 1. The number of nitrogens with one attached hydrogen (secondary N) is 1. The van der Waals surface area contributed by atoms with E-state index in [9.17, 15) is 13.2 Å². The summed E-state index contributed by atoms with van der Waals surface area (Å²) in [7, 11) is -1.70. The second-order valence-electron chi connectivity index (χ2n) is 5.43. The third-order valence-electron chi connectivity index (χ3n) is 3.64. The average molecular weight is 390 g/mol. The fourth-order valence-electron chi connectivity index (χ4n) is 2.27. The van der Waals surface area contributed by atoms with Gasteiger partial charge in [0.05, 0.1) is 10.9 Å². The van der Waals surface area contributed by atoms with Crippen LogP contribution >= 0.6 is 15.9 Å². The maximum absolute atomic E-state index is 12.3. The molecule has 1 aliphatic heterocycles. The van der Waals surface area contributed by atoms with E-state index in [-0.39, 0.29) is 10.8 Å². The Labute approximate surface area is 139 Å². The molecule has 1 aromatic rings. The van der Waals surface area contributed by atoms with Crippen LogP contribution in [0, 0.1) is 0 Å². The molecular formula is C14H20BrN3O3S. The fourth-order valence-corrected chi connectivity index (χ4v) is 3.73. The molecule has 0 saturated carbocycles. The SMILES string of the molecule is CC(NS(=O)(=O)c1ccc(Br)cc1)C(=O)N1CCN(C)CC1. The van der Waals surface area contributed by atoms with Crippen LogP contribution in [0.3, 0.4) is 0 Å². The highest BCUT2D eigenvalue weighted by molar-refractivity contribution is 9.10. The summed E-state index contributed by atoms with van der Waals surface area (Å²) < 4.78 is 27.8. The summed E-state index contributed by atoms with van der Waals surface area (Å²) in [6, 6.07) is 5.53. The number of likely N-dealkylation sites (N-methyl/N-ethyl adjacent to an activating group) is 1. The minimum atomic E-state index is -3.70. The van der Waals surface area contributed by atoms with Crippen molar-refractivity contribution in [1.29, 1.82) is 0 Å². The van der Waals surface area contributed by atoms with Crippen LogP contribution in [0.4, 0.5) is 0 Å². The van der Waals surface area contributed by atoms with E-state index in [0.29, 0.717) is 13.1 Å². The molecule has 0 aromatic heterocycles. The Morgan fingerprint density at radius 1 is 1.18 bits per heavy atom. The molecule has 1 atom stereocenters. The lowest BCUT2D eigenvalue weighted by atomic mass is 10.2. The highest BCUT2D eigenvalue weighted by Gasteiger charge is 2.27. The number of amides is 1. The molecular weight excluding hydrogens is 370 g/mol. The first kappa shape index (κ1) is 17.4. The van der Waals surface area contributed by atoms with Crippen LogP contribution in [0.25, 0.3) is 0 Å². The second-order valence-corrected chi connectivity index (χ2v) is 8.06. The number of halogens is 1. The summed E-state index contributed by atoms with van der Waals surface area (Å²) in [6.07, 6.45) is 0. The van der Waals surface area contributed by atoms with Gasteiger partial charge in [-0.25, -0.2) is 8.42 Å². The molecule has 122 valence electrons. The second kappa shape index (κ2) is 7.08. The van der Waals surface area contributed by atoms with E-state index in [2.05, 4.69) is 25.6 Å². The lowest BCUT2D eigenvalue weighted by Gasteiger charge is -2.34. The molecule has 1 heterocycles. The lowest BCUT2D eigenvalue weighted by molar-refractivity contribution is -0.134. The van der Waals surface area contributed by atoms with Gasteiger partial charge in [0.2, 0.25) is 15.9 Å². The lowest BCUT2D eigenvalue weighted by Crippen LogP contribution is -2.53. The molecule has 1 unspecified atom stereocenters. The van der Waals surface area contributed by atoms with Gasteiger partial charge in [-0.05, 0) is 38.2 Å². The van der Waals surface area contributed by atoms with Crippen LogP contribution in [0.2, 0.25) is 0 Å². The zero-order chi connectivity index (χ0) is 16.3. The van der Waals surface area contributed by atoms with Crippen LogP contribution in [0.1, 0.15) is 6.92 Å². The summed E-state index contributed by atoms with van der Waals surface area (Å²) in [4.78, 5) is 16.3. The minimum Gasteiger partial charge on any atom is -0.339 e. The summed E-state index contributed by atoms with van der Waals surface area (Å²) in [5.41, 5.74) is 0. The summed E-state index contributed by atoms with van der Waals surface area (Å²) in [5, 5.41) is 0. The molecule has 0 bridgehead atoms. The number of carbonyl (C=O) groups is 1. The highest BCUT2D eigenvalue weighted by Crippen LogP contribution is 2.15. The van der Waals surface area contributed by atoms with Crippen molar-refractivity contribution in [1.82, 2.24) is 14.5 Å². The number of carbonyl (C=O) groups excluding carboxylic acids is 1. The molecule has 22 heavy (non-hydrogen) atoms.